The third kappa shape index (κ3) is 3.63. The van der Waals surface area contributed by atoms with Crippen molar-refractivity contribution < 1.29 is 14.1 Å². The van der Waals surface area contributed by atoms with Crippen LogP contribution in [0.2, 0.25) is 5.02 Å². The van der Waals surface area contributed by atoms with Gasteiger partial charge in [-0.3, -0.25) is 4.98 Å². The zero-order chi connectivity index (χ0) is 17.1. The van der Waals surface area contributed by atoms with E-state index in [1.807, 2.05) is 32.0 Å². The Kier molecular flexibility index (Phi) is 4.62. The molecule has 5 nitrogen and oxygen atoms in total. The summed E-state index contributed by atoms with van der Waals surface area (Å²) in [6.07, 6.45) is 1.48. The summed E-state index contributed by atoms with van der Waals surface area (Å²) in [5, 5.41) is 4.57. The monoisotopic (exact) mass is 342 g/mol. The molecule has 0 saturated heterocycles. The zero-order valence-corrected chi connectivity index (χ0v) is 14.0. The van der Waals surface area contributed by atoms with E-state index in [0.29, 0.717) is 22.0 Å². The van der Waals surface area contributed by atoms with Crippen molar-refractivity contribution in [1.82, 2.24) is 10.1 Å². The summed E-state index contributed by atoms with van der Waals surface area (Å²) < 4.78 is 10.4. The van der Waals surface area contributed by atoms with E-state index in [-0.39, 0.29) is 6.61 Å². The minimum atomic E-state index is -0.464. The van der Waals surface area contributed by atoms with Gasteiger partial charge < -0.3 is 9.26 Å². The smallest absolute Gasteiger partial charge is 0.340 e. The van der Waals surface area contributed by atoms with Gasteiger partial charge in [0.05, 0.1) is 10.6 Å². The number of aromatic nitrogens is 2. The lowest BCUT2D eigenvalue weighted by Gasteiger charge is -2.02. The summed E-state index contributed by atoms with van der Waals surface area (Å²) in [5.74, 6) is -0.0242. The number of ether oxygens (including phenoxy) is 1. The molecule has 2 aromatic heterocycles. The Labute approximate surface area is 144 Å². The van der Waals surface area contributed by atoms with E-state index < -0.39 is 5.97 Å². The van der Waals surface area contributed by atoms with Crippen molar-refractivity contribution in [2.45, 2.75) is 20.5 Å². The quantitative estimate of drug-likeness (QED) is 0.659. The minimum Gasteiger partial charge on any atom is -0.454 e. The lowest BCUT2D eigenvalue weighted by Crippen LogP contribution is -2.05. The molecule has 0 aliphatic rings. The first-order valence-corrected chi connectivity index (χ1v) is 7.72. The normalized spacial score (nSPS) is 10.6. The predicted octanol–water partition coefficient (Wildman–Crippen LogP) is 4.36. The van der Waals surface area contributed by atoms with E-state index >= 15 is 0 Å². The number of halogens is 1. The fourth-order valence-electron chi connectivity index (χ4n) is 2.14. The van der Waals surface area contributed by atoms with E-state index in [9.17, 15) is 4.79 Å². The predicted molar refractivity (Wildman–Crippen MR) is 89.8 cm³/mol. The first-order valence-electron chi connectivity index (χ1n) is 7.35. The molecule has 24 heavy (non-hydrogen) atoms. The minimum absolute atomic E-state index is 0.0107. The van der Waals surface area contributed by atoms with Crippen LogP contribution in [0.5, 0.6) is 0 Å². The van der Waals surface area contributed by atoms with Crippen LogP contribution in [0.4, 0.5) is 0 Å². The molecule has 0 radical (unpaired) electrons. The Morgan fingerprint density at radius 2 is 2.04 bits per heavy atom. The van der Waals surface area contributed by atoms with Crippen molar-refractivity contribution in [3.8, 4) is 11.3 Å². The third-order valence-electron chi connectivity index (χ3n) is 3.45. The molecule has 122 valence electrons. The lowest BCUT2D eigenvalue weighted by atomic mass is 10.1. The number of hydrogen-bond acceptors (Lipinski definition) is 5. The van der Waals surface area contributed by atoms with Crippen LogP contribution in [0.25, 0.3) is 11.3 Å². The summed E-state index contributed by atoms with van der Waals surface area (Å²) in [4.78, 5) is 16.0. The van der Waals surface area contributed by atoms with Crippen molar-refractivity contribution in [3.63, 3.8) is 0 Å². The zero-order valence-electron chi connectivity index (χ0n) is 13.2. The van der Waals surface area contributed by atoms with Crippen LogP contribution >= 0.6 is 11.6 Å². The van der Waals surface area contributed by atoms with Crippen molar-refractivity contribution in [2.24, 2.45) is 0 Å². The van der Waals surface area contributed by atoms with Crippen molar-refractivity contribution in [2.75, 3.05) is 0 Å². The molecule has 0 bridgehead atoms. The fourth-order valence-corrected chi connectivity index (χ4v) is 2.48. The second-order valence-corrected chi connectivity index (χ2v) is 5.83. The number of benzene rings is 1. The standard InChI is InChI=1S/C18H15ClN2O3/c1-11-3-6-15(16(19)7-11)17-8-14(24-21-17)10-23-18(22)13-5-4-12(2)20-9-13/h3-9H,10H2,1-2H3. The van der Waals surface area contributed by atoms with Gasteiger partial charge in [0.25, 0.3) is 0 Å². The lowest BCUT2D eigenvalue weighted by molar-refractivity contribution is 0.0437. The second kappa shape index (κ2) is 6.84. The highest BCUT2D eigenvalue weighted by atomic mass is 35.5. The number of nitrogens with zero attached hydrogens (tertiary/aromatic N) is 2. The number of rotatable bonds is 4. The largest absolute Gasteiger partial charge is 0.454 e. The molecular formula is C18H15ClN2O3. The maximum absolute atomic E-state index is 12.0. The van der Waals surface area contributed by atoms with Gasteiger partial charge in [-0.1, -0.05) is 28.9 Å². The molecule has 0 unspecified atom stereocenters. The van der Waals surface area contributed by atoms with E-state index in [1.54, 1.807) is 18.2 Å². The Bertz CT molecular complexity index is 872. The molecule has 0 N–H and O–H groups in total. The Morgan fingerprint density at radius 3 is 2.75 bits per heavy atom. The van der Waals surface area contributed by atoms with Crippen LogP contribution in [0.1, 0.15) is 27.4 Å². The maximum Gasteiger partial charge on any atom is 0.340 e. The number of carbonyl (C=O) groups is 1. The average Bonchev–Trinajstić information content (AvgIpc) is 3.02. The number of carbonyl (C=O) groups excluding carboxylic acids is 1. The molecule has 0 atom stereocenters. The number of hydrogen-bond donors (Lipinski definition) is 0. The molecule has 3 rings (SSSR count). The summed E-state index contributed by atoms with van der Waals surface area (Å²) in [5.41, 5.74) is 3.66. The molecule has 0 saturated carbocycles. The molecule has 2 heterocycles. The van der Waals surface area contributed by atoms with Gasteiger partial charge >= 0.3 is 5.97 Å². The molecule has 0 aliphatic carbocycles. The van der Waals surface area contributed by atoms with Crippen LogP contribution in [-0.4, -0.2) is 16.1 Å². The van der Waals surface area contributed by atoms with E-state index in [2.05, 4.69) is 10.1 Å². The van der Waals surface area contributed by atoms with Crippen molar-refractivity contribution >= 4 is 17.6 Å². The SMILES string of the molecule is Cc1ccc(-c2cc(COC(=O)c3ccc(C)nc3)on2)c(Cl)c1. The summed E-state index contributed by atoms with van der Waals surface area (Å²) in [6.45, 7) is 3.80. The van der Waals surface area contributed by atoms with Gasteiger partial charge in [-0.2, -0.15) is 0 Å². The Hall–Kier alpha value is -2.66. The maximum atomic E-state index is 12.0. The number of aryl methyl sites for hydroxylation is 2. The highest BCUT2D eigenvalue weighted by molar-refractivity contribution is 6.33. The van der Waals surface area contributed by atoms with Gasteiger partial charge in [0.1, 0.15) is 5.69 Å². The molecule has 1 aromatic carbocycles. The van der Waals surface area contributed by atoms with Gasteiger partial charge in [-0.05, 0) is 37.6 Å². The third-order valence-corrected chi connectivity index (χ3v) is 3.76. The summed E-state index contributed by atoms with van der Waals surface area (Å²) in [7, 11) is 0. The van der Waals surface area contributed by atoms with Crippen LogP contribution in [-0.2, 0) is 11.3 Å². The Morgan fingerprint density at radius 1 is 1.21 bits per heavy atom. The van der Waals surface area contributed by atoms with Crippen LogP contribution in [0.3, 0.4) is 0 Å². The first kappa shape index (κ1) is 16.2. The highest BCUT2D eigenvalue weighted by Gasteiger charge is 2.13. The Balaban J connectivity index is 1.68. The van der Waals surface area contributed by atoms with Gasteiger partial charge in [-0.15, -0.1) is 0 Å². The average molecular weight is 343 g/mol. The fraction of sp³-hybridized carbons (Fsp3) is 0.167. The summed E-state index contributed by atoms with van der Waals surface area (Å²) in [6, 6.07) is 10.8. The molecule has 0 amide bonds. The van der Waals surface area contributed by atoms with E-state index in [4.69, 9.17) is 20.9 Å². The second-order valence-electron chi connectivity index (χ2n) is 5.43. The number of pyridine rings is 1. The number of esters is 1. The molecule has 3 aromatic rings. The van der Waals surface area contributed by atoms with E-state index in [1.165, 1.54) is 6.20 Å². The van der Waals surface area contributed by atoms with Gasteiger partial charge in [0.2, 0.25) is 0 Å². The van der Waals surface area contributed by atoms with Crippen molar-refractivity contribution in [1.29, 1.82) is 0 Å². The van der Waals surface area contributed by atoms with Gasteiger partial charge in [-0.25, -0.2) is 4.79 Å². The molecular weight excluding hydrogens is 328 g/mol. The van der Waals surface area contributed by atoms with Crippen LogP contribution in [0.15, 0.2) is 47.1 Å². The molecule has 0 fully saturated rings. The summed E-state index contributed by atoms with van der Waals surface area (Å²) >= 11 is 6.22. The first-order chi connectivity index (χ1) is 11.5. The van der Waals surface area contributed by atoms with Gasteiger partial charge in [0.15, 0.2) is 12.4 Å². The van der Waals surface area contributed by atoms with Crippen molar-refractivity contribution in [3.05, 3.63) is 70.2 Å². The molecule has 0 aliphatic heterocycles. The van der Waals surface area contributed by atoms with Crippen LogP contribution in [0, 0.1) is 13.8 Å². The molecule has 0 spiro atoms. The molecule has 6 heteroatoms. The highest BCUT2D eigenvalue weighted by Crippen LogP contribution is 2.28. The van der Waals surface area contributed by atoms with E-state index in [0.717, 1.165) is 16.8 Å². The van der Waals surface area contributed by atoms with Gasteiger partial charge in [0, 0.05) is 23.5 Å². The van der Waals surface area contributed by atoms with Crippen LogP contribution < -0.4 is 0 Å². The topological polar surface area (TPSA) is 65.2 Å².